The van der Waals surface area contributed by atoms with Crippen LogP contribution in [0, 0.1) is 5.82 Å². The zero-order valence-corrected chi connectivity index (χ0v) is 15.4. The van der Waals surface area contributed by atoms with E-state index in [1.54, 1.807) is 6.07 Å². The summed E-state index contributed by atoms with van der Waals surface area (Å²) < 4.78 is 38.1. The van der Waals surface area contributed by atoms with Crippen molar-refractivity contribution in [2.75, 3.05) is 11.5 Å². The molecule has 9 heteroatoms. The number of rotatable bonds is 3. The van der Waals surface area contributed by atoms with Gasteiger partial charge in [0.05, 0.1) is 28.1 Å². The number of nitrogens with one attached hydrogen (secondary N) is 1. The number of para-hydroxylation sites is 1. The Morgan fingerprint density at radius 2 is 2.00 bits per heavy atom. The summed E-state index contributed by atoms with van der Waals surface area (Å²) >= 11 is 0. The van der Waals surface area contributed by atoms with Crippen LogP contribution in [0.3, 0.4) is 0 Å². The van der Waals surface area contributed by atoms with E-state index in [0.717, 1.165) is 4.57 Å². The lowest BCUT2D eigenvalue weighted by atomic mass is 10.1. The number of hydrogen-bond donors (Lipinski definition) is 1. The maximum absolute atomic E-state index is 14.0. The van der Waals surface area contributed by atoms with E-state index >= 15 is 0 Å². The van der Waals surface area contributed by atoms with Crippen molar-refractivity contribution in [1.82, 2.24) is 14.9 Å². The van der Waals surface area contributed by atoms with E-state index in [0.29, 0.717) is 11.9 Å². The van der Waals surface area contributed by atoms with Gasteiger partial charge in [0.1, 0.15) is 12.1 Å². The third-order valence-electron chi connectivity index (χ3n) is 4.70. The van der Waals surface area contributed by atoms with Crippen LogP contribution in [0.25, 0.3) is 16.6 Å². The summed E-state index contributed by atoms with van der Waals surface area (Å²) in [4.78, 5) is 29.3. The van der Waals surface area contributed by atoms with Gasteiger partial charge in [0.15, 0.2) is 9.84 Å². The Balaban J connectivity index is 1.65. The summed E-state index contributed by atoms with van der Waals surface area (Å²) in [7, 11) is -3.10. The number of sulfone groups is 1. The topological polar surface area (TPSA) is 98.1 Å². The van der Waals surface area contributed by atoms with Crippen LogP contribution < -0.4 is 10.9 Å². The second kappa shape index (κ2) is 6.83. The predicted octanol–water partition coefficient (Wildman–Crippen LogP) is 1.44. The molecule has 1 aliphatic rings. The van der Waals surface area contributed by atoms with Crippen LogP contribution in [-0.2, 0) is 9.84 Å². The van der Waals surface area contributed by atoms with E-state index < -0.39 is 33.2 Å². The molecule has 0 saturated carbocycles. The summed E-state index contributed by atoms with van der Waals surface area (Å²) in [5, 5.41) is 2.94. The van der Waals surface area contributed by atoms with Crippen molar-refractivity contribution < 1.29 is 17.6 Å². The van der Waals surface area contributed by atoms with Gasteiger partial charge >= 0.3 is 0 Å². The first-order chi connectivity index (χ1) is 13.3. The van der Waals surface area contributed by atoms with E-state index in [2.05, 4.69) is 10.3 Å². The maximum atomic E-state index is 14.0. The van der Waals surface area contributed by atoms with E-state index in [4.69, 9.17) is 0 Å². The highest BCUT2D eigenvalue weighted by Gasteiger charge is 2.29. The minimum atomic E-state index is -3.10. The molecule has 28 heavy (non-hydrogen) atoms. The fourth-order valence-electron chi connectivity index (χ4n) is 3.26. The Labute approximate surface area is 159 Å². The molecule has 2 aromatic carbocycles. The molecule has 1 fully saturated rings. The molecule has 3 aromatic rings. The zero-order chi connectivity index (χ0) is 19.9. The lowest BCUT2D eigenvalue weighted by Gasteiger charge is -2.11. The molecule has 0 aliphatic carbocycles. The van der Waals surface area contributed by atoms with Crippen LogP contribution in [0.5, 0.6) is 0 Å². The molecule has 144 valence electrons. The summed E-state index contributed by atoms with van der Waals surface area (Å²) in [5.74, 6) is -0.984. The summed E-state index contributed by atoms with van der Waals surface area (Å²) in [5.41, 5.74) is 0.201. The van der Waals surface area contributed by atoms with Crippen LogP contribution in [0.2, 0.25) is 0 Å². The van der Waals surface area contributed by atoms with Gasteiger partial charge in [-0.3, -0.25) is 14.2 Å². The first-order valence-electron chi connectivity index (χ1n) is 8.62. The zero-order valence-electron chi connectivity index (χ0n) is 14.6. The fraction of sp³-hybridized carbons (Fsp3) is 0.211. The fourth-order valence-corrected chi connectivity index (χ4v) is 4.93. The van der Waals surface area contributed by atoms with Crippen molar-refractivity contribution >= 4 is 26.6 Å². The van der Waals surface area contributed by atoms with Gasteiger partial charge in [0.25, 0.3) is 11.5 Å². The van der Waals surface area contributed by atoms with Gasteiger partial charge in [-0.1, -0.05) is 12.1 Å². The number of carbonyl (C=O) groups excluding carboxylic acids is 1. The van der Waals surface area contributed by atoms with Gasteiger partial charge in [-0.2, -0.15) is 0 Å². The van der Waals surface area contributed by atoms with Gasteiger partial charge in [-0.15, -0.1) is 0 Å². The van der Waals surface area contributed by atoms with E-state index in [1.807, 2.05) is 0 Å². The number of fused-ring (bicyclic) bond motifs is 1. The van der Waals surface area contributed by atoms with Gasteiger partial charge in [-0.05, 0) is 36.8 Å². The predicted molar refractivity (Wildman–Crippen MR) is 102 cm³/mol. The van der Waals surface area contributed by atoms with Gasteiger partial charge in [0.2, 0.25) is 0 Å². The molecule has 1 aromatic heterocycles. The second-order valence-corrected chi connectivity index (χ2v) is 8.91. The van der Waals surface area contributed by atoms with Gasteiger partial charge in [0, 0.05) is 11.6 Å². The van der Waals surface area contributed by atoms with Crippen LogP contribution >= 0.6 is 0 Å². The molecule has 2 heterocycles. The quantitative estimate of drug-likeness (QED) is 0.716. The SMILES string of the molecule is O=C(NC1CCS(=O)(=O)C1)c1ccc2c(=O)n(-c3ccccc3F)cnc2c1. The Morgan fingerprint density at radius 1 is 1.21 bits per heavy atom. The van der Waals surface area contributed by atoms with E-state index in [9.17, 15) is 22.4 Å². The lowest BCUT2D eigenvalue weighted by molar-refractivity contribution is 0.0941. The van der Waals surface area contributed by atoms with Crippen LogP contribution in [-0.4, -0.2) is 41.4 Å². The molecule has 1 N–H and O–H groups in total. The molecule has 1 saturated heterocycles. The van der Waals surface area contributed by atoms with E-state index in [1.165, 1.54) is 42.7 Å². The highest BCUT2D eigenvalue weighted by atomic mass is 32.2. The molecule has 7 nitrogen and oxygen atoms in total. The second-order valence-electron chi connectivity index (χ2n) is 6.68. The van der Waals surface area contributed by atoms with Crippen molar-refractivity contribution in [3.63, 3.8) is 0 Å². The highest BCUT2D eigenvalue weighted by Crippen LogP contribution is 2.16. The average molecular weight is 401 g/mol. The number of carbonyl (C=O) groups is 1. The van der Waals surface area contributed by atoms with Crippen molar-refractivity contribution in [3.05, 3.63) is 70.5 Å². The number of aromatic nitrogens is 2. The number of nitrogens with zero attached hydrogens (tertiary/aromatic N) is 2. The van der Waals surface area contributed by atoms with E-state index in [-0.39, 0.29) is 28.1 Å². The molecule has 1 amide bonds. The molecule has 0 radical (unpaired) electrons. The lowest BCUT2D eigenvalue weighted by Crippen LogP contribution is -2.35. The molecule has 0 spiro atoms. The Hall–Kier alpha value is -3.07. The monoisotopic (exact) mass is 401 g/mol. The highest BCUT2D eigenvalue weighted by molar-refractivity contribution is 7.91. The number of hydrogen-bond acceptors (Lipinski definition) is 5. The molecule has 1 unspecified atom stereocenters. The molecular weight excluding hydrogens is 385 g/mol. The Kier molecular flexibility index (Phi) is 4.46. The van der Waals surface area contributed by atoms with Gasteiger partial charge < -0.3 is 5.32 Å². The van der Waals surface area contributed by atoms with Crippen LogP contribution in [0.4, 0.5) is 4.39 Å². The van der Waals surface area contributed by atoms with Gasteiger partial charge in [-0.25, -0.2) is 17.8 Å². The Morgan fingerprint density at radius 3 is 2.71 bits per heavy atom. The molecule has 1 aliphatic heterocycles. The normalized spacial score (nSPS) is 18.2. The third-order valence-corrected chi connectivity index (χ3v) is 6.47. The van der Waals surface area contributed by atoms with Crippen molar-refractivity contribution in [2.45, 2.75) is 12.5 Å². The van der Waals surface area contributed by atoms with Crippen LogP contribution in [0.1, 0.15) is 16.8 Å². The average Bonchev–Trinajstić information content (AvgIpc) is 3.01. The van der Waals surface area contributed by atoms with Crippen molar-refractivity contribution in [1.29, 1.82) is 0 Å². The largest absolute Gasteiger partial charge is 0.348 e. The number of halogens is 1. The van der Waals surface area contributed by atoms with Crippen LogP contribution in [0.15, 0.2) is 53.6 Å². The Bertz CT molecular complexity index is 1250. The van der Waals surface area contributed by atoms with Crippen molar-refractivity contribution in [2.24, 2.45) is 0 Å². The first kappa shape index (κ1) is 18.3. The number of benzene rings is 2. The summed E-state index contributed by atoms with van der Waals surface area (Å²) in [6.07, 6.45) is 1.60. The standard InChI is InChI=1S/C19H16FN3O4S/c20-15-3-1-2-4-17(15)23-11-21-16-9-12(5-6-14(16)19(23)25)18(24)22-13-7-8-28(26,27)10-13/h1-6,9,11,13H,7-8,10H2,(H,22,24). The summed E-state index contributed by atoms with van der Waals surface area (Å²) in [6.45, 7) is 0. The molecule has 1 atom stereocenters. The minimum Gasteiger partial charge on any atom is -0.348 e. The molecule has 0 bridgehead atoms. The maximum Gasteiger partial charge on any atom is 0.265 e. The minimum absolute atomic E-state index is 0.0623. The molecule has 4 rings (SSSR count). The molecular formula is C19H16FN3O4S. The summed E-state index contributed by atoms with van der Waals surface area (Å²) in [6, 6.07) is 9.84. The number of amides is 1. The van der Waals surface area contributed by atoms with Crippen molar-refractivity contribution in [3.8, 4) is 5.69 Å². The third kappa shape index (κ3) is 3.40. The smallest absolute Gasteiger partial charge is 0.265 e. The first-order valence-corrected chi connectivity index (χ1v) is 10.4.